The number of fused-ring (bicyclic) bond motifs is 1. The normalized spacial score (nSPS) is 20.6. The summed E-state index contributed by atoms with van der Waals surface area (Å²) in [5.74, 6) is -1.67. The van der Waals surface area contributed by atoms with Gasteiger partial charge in [-0.1, -0.05) is 6.07 Å². The van der Waals surface area contributed by atoms with Crippen LogP contribution >= 0.6 is 0 Å². The minimum Gasteiger partial charge on any atom is -0.378 e. The molecule has 8 nitrogen and oxygen atoms in total. The number of hydrogen-bond donors (Lipinski definition) is 2. The average molecular weight is 469 g/mol. The molecule has 1 aliphatic carbocycles. The lowest BCUT2D eigenvalue weighted by Gasteiger charge is -2.27. The van der Waals surface area contributed by atoms with Crippen molar-refractivity contribution in [3.63, 3.8) is 0 Å². The number of alkyl halides is 1. The maximum atomic E-state index is 14.9. The number of carbonyl (C=O) groups excluding carboxylic acids is 2. The average Bonchev–Trinajstić information content (AvgIpc) is 3.45. The Kier molecular flexibility index (Phi) is 5.91. The molecule has 2 amide bonds. The highest BCUT2D eigenvalue weighted by Gasteiger charge is 2.29. The molecule has 0 radical (unpaired) electrons. The van der Waals surface area contributed by atoms with Crippen LogP contribution in [-0.2, 0) is 4.74 Å². The van der Waals surface area contributed by atoms with E-state index in [4.69, 9.17) is 10.5 Å². The van der Waals surface area contributed by atoms with E-state index in [1.54, 1.807) is 23.2 Å². The second kappa shape index (κ2) is 9.02. The van der Waals surface area contributed by atoms with Gasteiger partial charge in [0.1, 0.15) is 12.0 Å². The van der Waals surface area contributed by atoms with Gasteiger partial charge in [0, 0.05) is 24.8 Å². The minimum absolute atomic E-state index is 0.00105. The molecule has 10 heteroatoms. The predicted molar refractivity (Wildman–Crippen MR) is 122 cm³/mol. The third-order valence-corrected chi connectivity index (χ3v) is 6.50. The van der Waals surface area contributed by atoms with Crippen LogP contribution in [0.5, 0.6) is 0 Å². The molecule has 5 rings (SSSR count). The molecule has 2 aromatic heterocycles. The molecule has 1 aromatic carbocycles. The standard InChI is InChI=1S/C24H25F2N5O3/c25-18-2-1-3-20(18)29-22-17(23(27)32)12-28-31-13-15(11-21(22)31)14-4-5-16(19(26)10-14)24(33)30-6-8-34-9-7-30/h4-5,10-13,18,20,29H,1-3,6-9H2,(H2,27,32)/t18-,20+/m0/s1. The number of benzene rings is 1. The molecular weight excluding hydrogens is 444 g/mol. The van der Waals surface area contributed by atoms with Crippen LogP contribution in [0, 0.1) is 5.82 Å². The lowest BCUT2D eigenvalue weighted by atomic mass is 10.0. The molecule has 1 aliphatic heterocycles. The van der Waals surface area contributed by atoms with Crippen molar-refractivity contribution in [1.82, 2.24) is 14.5 Å². The van der Waals surface area contributed by atoms with Gasteiger partial charge >= 0.3 is 0 Å². The highest BCUT2D eigenvalue weighted by atomic mass is 19.1. The first-order chi connectivity index (χ1) is 16.4. The van der Waals surface area contributed by atoms with Gasteiger partial charge in [-0.2, -0.15) is 5.10 Å². The van der Waals surface area contributed by atoms with Crippen LogP contribution in [0.1, 0.15) is 40.0 Å². The summed E-state index contributed by atoms with van der Waals surface area (Å²) in [6.45, 7) is 1.72. The molecule has 34 heavy (non-hydrogen) atoms. The topological polar surface area (TPSA) is 102 Å². The van der Waals surface area contributed by atoms with Gasteiger partial charge in [0.15, 0.2) is 0 Å². The van der Waals surface area contributed by atoms with Gasteiger partial charge in [-0.05, 0) is 43.0 Å². The molecular formula is C24H25F2N5O3. The van der Waals surface area contributed by atoms with Crippen molar-refractivity contribution >= 4 is 23.0 Å². The summed E-state index contributed by atoms with van der Waals surface area (Å²) in [5, 5.41) is 7.40. The van der Waals surface area contributed by atoms with Gasteiger partial charge in [-0.25, -0.2) is 13.3 Å². The summed E-state index contributed by atoms with van der Waals surface area (Å²) < 4.78 is 36.0. The molecule has 3 aromatic rings. The van der Waals surface area contributed by atoms with E-state index in [9.17, 15) is 18.4 Å². The van der Waals surface area contributed by atoms with Crippen LogP contribution in [0.3, 0.4) is 0 Å². The van der Waals surface area contributed by atoms with E-state index in [1.165, 1.54) is 22.8 Å². The number of aromatic nitrogens is 2. The van der Waals surface area contributed by atoms with Crippen molar-refractivity contribution in [1.29, 1.82) is 0 Å². The number of nitrogens with two attached hydrogens (primary N) is 1. The lowest BCUT2D eigenvalue weighted by molar-refractivity contribution is 0.0300. The Balaban J connectivity index is 1.49. The van der Waals surface area contributed by atoms with Crippen LogP contribution in [0.15, 0.2) is 36.7 Å². The largest absolute Gasteiger partial charge is 0.378 e. The zero-order valence-electron chi connectivity index (χ0n) is 18.5. The van der Waals surface area contributed by atoms with Gasteiger partial charge < -0.3 is 20.7 Å². The van der Waals surface area contributed by atoms with Crippen LogP contribution in [0.25, 0.3) is 16.6 Å². The minimum atomic E-state index is -1.02. The molecule has 0 bridgehead atoms. The molecule has 0 spiro atoms. The number of nitrogens with one attached hydrogen (secondary N) is 1. The Morgan fingerprint density at radius 1 is 1.12 bits per heavy atom. The SMILES string of the molecule is NC(=O)c1cnn2cc(-c3ccc(C(=O)N4CCOCC4)c(F)c3)cc2c1N[C@@H]1CCC[C@@H]1F. The Morgan fingerprint density at radius 3 is 2.59 bits per heavy atom. The number of halogens is 2. The van der Waals surface area contributed by atoms with E-state index in [1.807, 2.05) is 0 Å². The number of primary amides is 1. The van der Waals surface area contributed by atoms with Crippen molar-refractivity contribution in [3.8, 4) is 11.1 Å². The van der Waals surface area contributed by atoms with Gasteiger partial charge in [-0.15, -0.1) is 0 Å². The molecule has 178 valence electrons. The van der Waals surface area contributed by atoms with Crippen molar-refractivity contribution in [2.24, 2.45) is 5.73 Å². The van der Waals surface area contributed by atoms with E-state index < -0.39 is 23.9 Å². The first-order valence-electron chi connectivity index (χ1n) is 11.3. The molecule has 3 N–H and O–H groups in total. The number of ether oxygens (including phenoxy) is 1. The number of anilines is 1. The number of rotatable bonds is 5. The monoisotopic (exact) mass is 469 g/mol. The maximum Gasteiger partial charge on any atom is 0.256 e. The first kappa shape index (κ1) is 22.3. The molecule has 1 saturated carbocycles. The summed E-state index contributed by atoms with van der Waals surface area (Å²) in [6.07, 6.45) is 3.87. The highest BCUT2D eigenvalue weighted by molar-refractivity contribution is 6.02. The second-order valence-electron chi connectivity index (χ2n) is 8.65. The summed E-state index contributed by atoms with van der Waals surface area (Å²) in [4.78, 5) is 26.3. The third-order valence-electron chi connectivity index (χ3n) is 6.50. The number of hydrogen-bond acceptors (Lipinski definition) is 5. The maximum absolute atomic E-state index is 14.9. The highest BCUT2D eigenvalue weighted by Crippen LogP contribution is 2.32. The smallest absolute Gasteiger partial charge is 0.256 e. The zero-order valence-corrected chi connectivity index (χ0v) is 18.5. The van der Waals surface area contributed by atoms with Crippen molar-refractivity contribution in [2.45, 2.75) is 31.5 Å². The number of carbonyl (C=O) groups is 2. The van der Waals surface area contributed by atoms with Crippen molar-refractivity contribution in [2.75, 3.05) is 31.6 Å². The Bertz CT molecular complexity index is 1250. The van der Waals surface area contributed by atoms with Gasteiger partial charge in [0.05, 0.1) is 47.8 Å². The third kappa shape index (κ3) is 4.09. The fourth-order valence-corrected chi connectivity index (χ4v) is 4.62. The van der Waals surface area contributed by atoms with E-state index in [-0.39, 0.29) is 17.0 Å². The van der Waals surface area contributed by atoms with E-state index >= 15 is 0 Å². The quantitative estimate of drug-likeness (QED) is 0.598. The molecule has 2 atom stereocenters. The van der Waals surface area contributed by atoms with Crippen LogP contribution in [0.2, 0.25) is 0 Å². The van der Waals surface area contributed by atoms with Gasteiger partial charge in [0.2, 0.25) is 0 Å². The Labute approximate surface area is 194 Å². The number of morpholine rings is 1. The van der Waals surface area contributed by atoms with Crippen molar-refractivity contribution in [3.05, 3.63) is 53.6 Å². The first-order valence-corrected chi connectivity index (χ1v) is 11.3. The van der Waals surface area contributed by atoms with E-state index in [2.05, 4.69) is 10.4 Å². The van der Waals surface area contributed by atoms with Crippen molar-refractivity contribution < 1.29 is 23.1 Å². The molecule has 2 aliphatic rings. The predicted octanol–water partition coefficient (Wildman–Crippen LogP) is 3.01. The number of nitrogens with zero attached hydrogens (tertiary/aromatic N) is 3. The number of amides is 2. The fraction of sp³-hybridized carbons (Fsp3) is 0.375. The van der Waals surface area contributed by atoms with E-state index in [0.717, 1.165) is 6.42 Å². The summed E-state index contributed by atoms with van der Waals surface area (Å²) in [6, 6.07) is 5.76. The molecule has 3 heterocycles. The zero-order chi connectivity index (χ0) is 23.8. The van der Waals surface area contributed by atoms with E-state index in [0.29, 0.717) is 61.5 Å². The molecule has 0 unspecified atom stereocenters. The summed E-state index contributed by atoms with van der Waals surface area (Å²) in [7, 11) is 0. The molecule has 2 fully saturated rings. The van der Waals surface area contributed by atoms with Crippen LogP contribution in [-0.4, -0.2) is 64.8 Å². The lowest BCUT2D eigenvalue weighted by Crippen LogP contribution is -2.41. The van der Waals surface area contributed by atoms with Gasteiger partial charge in [0.25, 0.3) is 11.8 Å². The Morgan fingerprint density at radius 2 is 1.91 bits per heavy atom. The van der Waals surface area contributed by atoms with Crippen LogP contribution in [0.4, 0.5) is 14.5 Å². The van der Waals surface area contributed by atoms with Gasteiger partial charge in [-0.3, -0.25) is 9.59 Å². The second-order valence-corrected chi connectivity index (χ2v) is 8.65. The summed E-state index contributed by atoms with van der Waals surface area (Å²) >= 11 is 0. The fourth-order valence-electron chi connectivity index (χ4n) is 4.62. The summed E-state index contributed by atoms with van der Waals surface area (Å²) in [5.41, 5.74) is 7.81. The van der Waals surface area contributed by atoms with Crippen LogP contribution < -0.4 is 11.1 Å². The Hall–Kier alpha value is -3.53. The molecule has 1 saturated heterocycles.